The number of carboxylic acids is 1. The van der Waals surface area contributed by atoms with Crippen LogP contribution in [-0.4, -0.2) is 31.2 Å². The summed E-state index contributed by atoms with van der Waals surface area (Å²) in [5, 5.41) is 13.1. The van der Waals surface area contributed by atoms with Crippen LogP contribution in [0.1, 0.15) is 20.7 Å². The lowest BCUT2D eigenvalue weighted by atomic mass is 10.1. The molecule has 0 saturated carbocycles. The van der Waals surface area contributed by atoms with E-state index >= 15 is 0 Å². The largest absolute Gasteiger partial charge is 0.497 e. The number of carbonyl (C=O) groups is 2. The molecule has 156 valence electrons. The molecule has 0 unspecified atom stereocenters. The lowest BCUT2D eigenvalue weighted by Gasteiger charge is -2.10. The van der Waals surface area contributed by atoms with Crippen LogP contribution in [0.4, 0.5) is 18.9 Å². The molecule has 2 N–H and O–H groups in total. The Balaban J connectivity index is 2.00. The topological polar surface area (TPSA) is 84.9 Å². The van der Waals surface area contributed by atoms with E-state index in [0.717, 1.165) is 18.4 Å². The number of nitrogens with one attached hydrogen (secondary N) is 1. The molecule has 30 heavy (non-hydrogen) atoms. The zero-order valence-corrected chi connectivity index (χ0v) is 16.4. The molecule has 6 nitrogen and oxygen atoms in total. The Labute approximate surface area is 172 Å². The number of carbonyl (C=O) groups excluding carboxylic acids is 1. The SMILES string of the molecule is COc1ccc(-c2scc(NC(=O)c3c(F)cc(OC)c(F)c3F)c2C(=O)O)cc1. The first-order valence-electron chi connectivity index (χ1n) is 8.30. The summed E-state index contributed by atoms with van der Waals surface area (Å²) in [5.41, 5.74) is -1.11. The highest BCUT2D eigenvalue weighted by Crippen LogP contribution is 2.37. The fourth-order valence-corrected chi connectivity index (χ4v) is 3.73. The molecule has 0 aliphatic heterocycles. The lowest BCUT2D eigenvalue weighted by molar-refractivity contribution is 0.0699. The Kier molecular flexibility index (Phi) is 5.97. The van der Waals surface area contributed by atoms with Crippen molar-refractivity contribution in [2.24, 2.45) is 0 Å². The van der Waals surface area contributed by atoms with Crippen molar-refractivity contribution in [2.75, 3.05) is 19.5 Å². The van der Waals surface area contributed by atoms with Crippen LogP contribution < -0.4 is 14.8 Å². The van der Waals surface area contributed by atoms with Crippen molar-refractivity contribution in [3.05, 3.63) is 64.3 Å². The lowest BCUT2D eigenvalue weighted by Crippen LogP contribution is -2.18. The first-order chi connectivity index (χ1) is 14.3. The predicted octanol–water partition coefficient (Wildman–Crippen LogP) is 4.80. The van der Waals surface area contributed by atoms with Crippen molar-refractivity contribution in [2.45, 2.75) is 0 Å². The molecule has 0 fully saturated rings. The third kappa shape index (κ3) is 3.81. The maximum Gasteiger partial charge on any atom is 0.339 e. The van der Waals surface area contributed by atoms with Crippen LogP contribution in [0.5, 0.6) is 11.5 Å². The van der Waals surface area contributed by atoms with Gasteiger partial charge in [-0.05, 0) is 29.8 Å². The van der Waals surface area contributed by atoms with Crippen LogP contribution in [0.15, 0.2) is 35.7 Å². The van der Waals surface area contributed by atoms with Gasteiger partial charge in [-0.2, -0.15) is 4.39 Å². The van der Waals surface area contributed by atoms with Gasteiger partial charge in [0, 0.05) is 11.4 Å². The molecule has 3 rings (SSSR count). The molecular weight excluding hydrogens is 423 g/mol. The summed E-state index contributed by atoms with van der Waals surface area (Å²) in [6.07, 6.45) is 0. The average Bonchev–Trinajstić information content (AvgIpc) is 3.14. The maximum absolute atomic E-state index is 14.2. The van der Waals surface area contributed by atoms with Crippen LogP contribution in [0.3, 0.4) is 0 Å². The Bertz CT molecular complexity index is 1130. The van der Waals surface area contributed by atoms with E-state index in [0.29, 0.717) is 22.3 Å². The molecule has 0 aliphatic rings. The maximum atomic E-state index is 14.2. The Morgan fingerprint density at radius 3 is 2.23 bits per heavy atom. The van der Waals surface area contributed by atoms with Gasteiger partial charge in [0.2, 0.25) is 5.82 Å². The van der Waals surface area contributed by atoms with Crippen molar-refractivity contribution in [1.82, 2.24) is 0 Å². The van der Waals surface area contributed by atoms with E-state index in [4.69, 9.17) is 4.74 Å². The molecule has 0 bridgehead atoms. The van der Waals surface area contributed by atoms with Gasteiger partial charge in [-0.15, -0.1) is 11.3 Å². The highest BCUT2D eigenvalue weighted by molar-refractivity contribution is 7.14. The summed E-state index contributed by atoms with van der Waals surface area (Å²) >= 11 is 1.01. The summed E-state index contributed by atoms with van der Waals surface area (Å²) in [6.45, 7) is 0. The number of methoxy groups -OCH3 is 2. The first-order valence-corrected chi connectivity index (χ1v) is 9.18. The molecule has 1 amide bonds. The quantitative estimate of drug-likeness (QED) is 0.541. The van der Waals surface area contributed by atoms with Crippen LogP contribution in [0.25, 0.3) is 10.4 Å². The first kappa shape index (κ1) is 21.2. The highest BCUT2D eigenvalue weighted by atomic mass is 32.1. The van der Waals surface area contributed by atoms with E-state index in [2.05, 4.69) is 10.1 Å². The van der Waals surface area contributed by atoms with Gasteiger partial charge < -0.3 is 19.9 Å². The molecular formula is C20H14F3NO5S. The van der Waals surface area contributed by atoms with Gasteiger partial charge in [-0.3, -0.25) is 4.79 Å². The third-order valence-electron chi connectivity index (χ3n) is 4.18. The number of carboxylic acid groups (broad SMARTS) is 1. The minimum atomic E-state index is -1.74. The number of ether oxygens (including phenoxy) is 2. The minimum Gasteiger partial charge on any atom is -0.497 e. The number of aromatic carboxylic acids is 1. The number of rotatable bonds is 6. The van der Waals surface area contributed by atoms with E-state index in [1.54, 1.807) is 24.3 Å². The fourth-order valence-electron chi connectivity index (χ4n) is 2.73. The van der Waals surface area contributed by atoms with Crippen molar-refractivity contribution < 1.29 is 37.3 Å². The highest BCUT2D eigenvalue weighted by Gasteiger charge is 2.27. The molecule has 10 heteroatoms. The Morgan fingerprint density at radius 1 is 1.00 bits per heavy atom. The van der Waals surface area contributed by atoms with E-state index in [9.17, 15) is 27.9 Å². The van der Waals surface area contributed by atoms with E-state index in [1.165, 1.54) is 12.5 Å². The summed E-state index contributed by atoms with van der Waals surface area (Å²) in [7, 11) is 2.50. The smallest absolute Gasteiger partial charge is 0.339 e. The van der Waals surface area contributed by atoms with Gasteiger partial charge in [0.25, 0.3) is 5.91 Å². The number of anilines is 1. The van der Waals surface area contributed by atoms with Gasteiger partial charge in [0.1, 0.15) is 22.7 Å². The van der Waals surface area contributed by atoms with Crippen LogP contribution >= 0.6 is 11.3 Å². The predicted molar refractivity (Wildman–Crippen MR) is 104 cm³/mol. The third-order valence-corrected chi connectivity index (χ3v) is 5.21. The summed E-state index contributed by atoms with van der Waals surface area (Å²) in [4.78, 5) is 24.5. The van der Waals surface area contributed by atoms with Crippen molar-refractivity contribution in [3.63, 3.8) is 0 Å². The standard InChI is InChI=1S/C20H14F3NO5S/c1-28-10-5-3-9(4-6-10)18-15(20(26)27)12(8-30-18)24-19(25)14-11(21)7-13(29-2)16(22)17(14)23/h3-8H,1-2H3,(H,24,25)(H,26,27). The molecule has 2 aromatic carbocycles. The summed E-state index contributed by atoms with van der Waals surface area (Å²) in [5.74, 6) is -7.48. The number of benzene rings is 2. The molecule has 0 aliphatic carbocycles. The second-order valence-electron chi connectivity index (χ2n) is 5.90. The minimum absolute atomic E-state index is 0.182. The Hall–Kier alpha value is -3.53. The fraction of sp³-hybridized carbons (Fsp3) is 0.100. The average molecular weight is 437 g/mol. The molecule has 0 atom stereocenters. The van der Waals surface area contributed by atoms with Gasteiger partial charge in [0.15, 0.2) is 11.6 Å². The van der Waals surface area contributed by atoms with Crippen molar-refractivity contribution >= 4 is 28.9 Å². The monoisotopic (exact) mass is 437 g/mol. The molecule has 0 saturated heterocycles. The number of hydrogen-bond donors (Lipinski definition) is 2. The number of halogens is 3. The Morgan fingerprint density at radius 2 is 1.67 bits per heavy atom. The van der Waals surface area contributed by atoms with Gasteiger partial charge in [-0.25, -0.2) is 13.6 Å². The molecule has 3 aromatic rings. The summed E-state index contributed by atoms with van der Waals surface area (Å²) in [6, 6.07) is 7.04. The van der Waals surface area contributed by atoms with E-state index in [-0.39, 0.29) is 11.3 Å². The van der Waals surface area contributed by atoms with Crippen LogP contribution in [-0.2, 0) is 0 Å². The van der Waals surface area contributed by atoms with Crippen molar-refractivity contribution in [3.8, 4) is 21.9 Å². The van der Waals surface area contributed by atoms with Crippen LogP contribution in [0.2, 0.25) is 0 Å². The van der Waals surface area contributed by atoms with Gasteiger partial charge >= 0.3 is 5.97 Å². The zero-order valence-electron chi connectivity index (χ0n) is 15.6. The van der Waals surface area contributed by atoms with Crippen LogP contribution in [0, 0.1) is 17.5 Å². The van der Waals surface area contributed by atoms with Gasteiger partial charge in [-0.1, -0.05) is 0 Å². The zero-order chi connectivity index (χ0) is 22.0. The molecule has 0 radical (unpaired) electrons. The van der Waals surface area contributed by atoms with E-state index in [1.807, 2.05) is 0 Å². The second kappa shape index (κ2) is 8.46. The second-order valence-corrected chi connectivity index (χ2v) is 6.78. The number of amides is 1. The van der Waals surface area contributed by atoms with Crippen molar-refractivity contribution in [1.29, 1.82) is 0 Å². The molecule has 1 heterocycles. The number of thiophene rings is 1. The van der Waals surface area contributed by atoms with E-state index < -0.39 is 40.6 Å². The molecule has 1 aromatic heterocycles. The normalized spacial score (nSPS) is 10.6. The number of hydrogen-bond acceptors (Lipinski definition) is 5. The molecule has 0 spiro atoms. The van der Waals surface area contributed by atoms with Gasteiger partial charge in [0.05, 0.1) is 24.8 Å². The summed E-state index contributed by atoms with van der Waals surface area (Å²) < 4.78 is 51.8.